The van der Waals surface area contributed by atoms with Gasteiger partial charge in [0.05, 0.1) is 0 Å². The molecule has 0 spiro atoms. The Morgan fingerprint density at radius 3 is 2.48 bits per heavy atom. The summed E-state index contributed by atoms with van der Waals surface area (Å²) in [5.74, 6) is 0.290. The average Bonchev–Trinajstić information content (AvgIpc) is 2.74. The number of hydrogen-bond acceptors (Lipinski definition) is 5. The van der Waals surface area contributed by atoms with Gasteiger partial charge in [-0.25, -0.2) is 4.79 Å². The molecule has 8 heteroatoms. The lowest BCUT2D eigenvalue weighted by Gasteiger charge is -2.36. The lowest BCUT2D eigenvalue weighted by Crippen LogP contribution is -2.50. The van der Waals surface area contributed by atoms with Crippen LogP contribution >= 0.6 is 23.2 Å². The fourth-order valence-electron chi connectivity index (χ4n) is 4.24. The van der Waals surface area contributed by atoms with E-state index in [4.69, 9.17) is 27.9 Å². The number of hydrogen-bond donors (Lipinski definition) is 1. The van der Waals surface area contributed by atoms with Gasteiger partial charge >= 0.3 is 6.09 Å². The Labute approximate surface area is 191 Å². The van der Waals surface area contributed by atoms with Crippen molar-refractivity contribution in [2.45, 2.75) is 19.4 Å². The van der Waals surface area contributed by atoms with Crippen LogP contribution in [0.3, 0.4) is 0 Å². The van der Waals surface area contributed by atoms with E-state index < -0.39 is 0 Å². The van der Waals surface area contributed by atoms with E-state index in [0.717, 1.165) is 29.5 Å². The van der Waals surface area contributed by atoms with Gasteiger partial charge in [0.1, 0.15) is 12.4 Å². The molecule has 1 unspecified atom stereocenters. The van der Waals surface area contributed by atoms with Gasteiger partial charge in [0, 0.05) is 54.3 Å². The summed E-state index contributed by atoms with van der Waals surface area (Å²) >= 11 is 12.0. The molecule has 1 atom stereocenters. The normalized spacial score (nSPS) is 19.2. The number of rotatable bonds is 4. The number of Topliss-reactive ketones (excluding diaryl/α,β-unsaturated/α-hetero) is 1. The number of nitrogens with zero attached hydrogens (tertiary/aromatic N) is 2. The highest BCUT2D eigenvalue weighted by Gasteiger charge is 2.31. The second-order valence-corrected chi connectivity index (χ2v) is 8.93. The second-order valence-electron chi connectivity index (χ2n) is 8.06. The van der Waals surface area contributed by atoms with E-state index in [1.165, 1.54) is 0 Å². The molecular formula is C23H24Cl2N2O4. The third-order valence-electron chi connectivity index (χ3n) is 5.88. The molecule has 2 aromatic rings. The van der Waals surface area contributed by atoms with Crippen LogP contribution in [0.5, 0.6) is 5.75 Å². The number of phenols is 1. The Hall–Kier alpha value is -2.28. The second kappa shape index (κ2) is 9.47. The standard InChI is InChI=1S/C23H24Cl2N2O4/c24-18-9-15(10-19(25)12-18)14-31-23(30)27-7-5-26(6-8-27)13-17-2-1-16-11-20(28)3-4-21(16)22(17)29/h3-4,9-12,17,28H,1-2,5-8,13-14H2. The van der Waals surface area contributed by atoms with E-state index in [0.29, 0.717) is 42.8 Å². The van der Waals surface area contributed by atoms with Crippen LogP contribution in [0.2, 0.25) is 10.0 Å². The van der Waals surface area contributed by atoms with Crippen molar-refractivity contribution in [3.05, 3.63) is 63.1 Å². The maximum Gasteiger partial charge on any atom is 0.410 e. The molecule has 1 saturated heterocycles. The first kappa shape index (κ1) is 21.9. The number of amides is 1. The summed E-state index contributed by atoms with van der Waals surface area (Å²) in [5.41, 5.74) is 2.39. The van der Waals surface area contributed by atoms with Crippen molar-refractivity contribution < 1.29 is 19.4 Å². The van der Waals surface area contributed by atoms with Crippen LogP contribution in [-0.2, 0) is 17.8 Å². The van der Waals surface area contributed by atoms with Gasteiger partial charge in [-0.15, -0.1) is 0 Å². The Morgan fingerprint density at radius 1 is 1.06 bits per heavy atom. The zero-order valence-electron chi connectivity index (χ0n) is 17.0. The highest BCUT2D eigenvalue weighted by molar-refractivity contribution is 6.34. The number of piperazine rings is 1. The van der Waals surface area contributed by atoms with Gasteiger partial charge in [0.2, 0.25) is 0 Å². The van der Waals surface area contributed by atoms with Gasteiger partial charge in [-0.2, -0.15) is 0 Å². The van der Waals surface area contributed by atoms with Crippen LogP contribution in [0.1, 0.15) is 27.9 Å². The summed E-state index contributed by atoms with van der Waals surface area (Å²) in [6.45, 7) is 3.31. The number of benzene rings is 2. The zero-order valence-corrected chi connectivity index (χ0v) is 18.5. The number of aromatic hydroxyl groups is 1. The van der Waals surface area contributed by atoms with Crippen LogP contribution in [0.25, 0.3) is 0 Å². The highest BCUT2D eigenvalue weighted by Crippen LogP contribution is 2.29. The Kier molecular flexibility index (Phi) is 6.70. The van der Waals surface area contributed by atoms with E-state index in [2.05, 4.69) is 4.90 Å². The van der Waals surface area contributed by atoms with E-state index in [9.17, 15) is 14.7 Å². The number of ether oxygens (including phenoxy) is 1. The molecule has 0 saturated carbocycles. The van der Waals surface area contributed by atoms with Gasteiger partial charge in [-0.05, 0) is 60.4 Å². The Bertz CT molecular complexity index is 969. The van der Waals surface area contributed by atoms with E-state index in [1.807, 2.05) is 0 Å². The van der Waals surface area contributed by atoms with Crippen LogP contribution in [0.4, 0.5) is 4.79 Å². The fourth-order valence-corrected chi connectivity index (χ4v) is 4.81. The minimum Gasteiger partial charge on any atom is -0.508 e. The molecule has 2 aromatic carbocycles. The largest absolute Gasteiger partial charge is 0.508 e. The van der Waals surface area contributed by atoms with Crippen molar-refractivity contribution >= 4 is 35.1 Å². The molecule has 1 heterocycles. The van der Waals surface area contributed by atoms with Gasteiger partial charge in [-0.3, -0.25) is 9.69 Å². The SMILES string of the molecule is O=C1c2ccc(O)cc2CCC1CN1CCN(C(=O)OCc2cc(Cl)cc(Cl)c2)CC1. The lowest BCUT2D eigenvalue weighted by atomic mass is 9.82. The number of ketones is 1. The van der Waals surface area contributed by atoms with Crippen molar-refractivity contribution in [3.63, 3.8) is 0 Å². The molecule has 0 radical (unpaired) electrons. The van der Waals surface area contributed by atoms with Crippen molar-refractivity contribution in [2.75, 3.05) is 32.7 Å². The first-order chi connectivity index (χ1) is 14.9. The molecule has 1 N–H and O–H groups in total. The van der Waals surface area contributed by atoms with Crippen LogP contribution in [0.15, 0.2) is 36.4 Å². The molecule has 0 aromatic heterocycles. The van der Waals surface area contributed by atoms with Gasteiger partial charge in [0.25, 0.3) is 0 Å². The first-order valence-electron chi connectivity index (χ1n) is 10.3. The number of aryl methyl sites for hydroxylation is 1. The first-order valence-corrected chi connectivity index (χ1v) is 11.1. The third-order valence-corrected chi connectivity index (χ3v) is 6.32. The molecule has 6 nitrogen and oxygen atoms in total. The van der Waals surface area contributed by atoms with E-state index >= 15 is 0 Å². The number of phenolic OH excluding ortho intramolecular Hbond substituents is 1. The summed E-state index contributed by atoms with van der Waals surface area (Å²) in [6, 6.07) is 10.1. The van der Waals surface area contributed by atoms with Crippen LogP contribution in [-0.4, -0.2) is 59.5 Å². The maximum absolute atomic E-state index is 12.8. The minimum absolute atomic E-state index is 0.0527. The monoisotopic (exact) mass is 462 g/mol. The van der Waals surface area contributed by atoms with Crippen LogP contribution < -0.4 is 0 Å². The highest BCUT2D eigenvalue weighted by atomic mass is 35.5. The van der Waals surface area contributed by atoms with Crippen molar-refractivity contribution in [3.8, 4) is 5.75 Å². The van der Waals surface area contributed by atoms with Crippen molar-refractivity contribution in [1.29, 1.82) is 0 Å². The smallest absolute Gasteiger partial charge is 0.410 e. The molecule has 164 valence electrons. The molecule has 1 aliphatic carbocycles. The molecule has 2 aliphatic rings. The lowest BCUT2D eigenvalue weighted by molar-refractivity contribution is 0.0629. The average molecular weight is 463 g/mol. The van der Waals surface area contributed by atoms with Crippen molar-refractivity contribution in [2.24, 2.45) is 5.92 Å². The number of carbonyl (C=O) groups is 2. The topological polar surface area (TPSA) is 70.1 Å². The molecule has 1 fully saturated rings. The molecule has 4 rings (SSSR count). The van der Waals surface area contributed by atoms with Gasteiger partial charge in [0.15, 0.2) is 5.78 Å². The summed E-state index contributed by atoms with van der Waals surface area (Å²) in [5, 5.41) is 10.6. The van der Waals surface area contributed by atoms with Gasteiger partial charge in [-0.1, -0.05) is 23.2 Å². The molecule has 1 aliphatic heterocycles. The fraction of sp³-hybridized carbons (Fsp3) is 0.391. The zero-order chi connectivity index (χ0) is 22.0. The molecule has 31 heavy (non-hydrogen) atoms. The Balaban J connectivity index is 1.25. The summed E-state index contributed by atoms with van der Waals surface area (Å²) in [7, 11) is 0. The summed E-state index contributed by atoms with van der Waals surface area (Å²) in [4.78, 5) is 29.1. The summed E-state index contributed by atoms with van der Waals surface area (Å²) < 4.78 is 5.41. The molecule has 1 amide bonds. The van der Waals surface area contributed by atoms with Crippen molar-refractivity contribution in [1.82, 2.24) is 9.80 Å². The third kappa shape index (κ3) is 5.32. The predicted octanol–water partition coefficient (Wildman–Crippen LogP) is 4.40. The predicted molar refractivity (Wildman–Crippen MR) is 119 cm³/mol. The number of carbonyl (C=O) groups excluding carboxylic acids is 2. The van der Waals surface area contributed by atoms with Crippen LogP contribution in [0, 0.1) is 5.92 Å². The summed E-state index contributed by atoms with van der Waals surface area (Å²) in [6.07, 6.45) is 1.21. The molecular weight excluding hydrogens is 439 g/mol. The number of fused-ring (bicyclic) bond motifs is 1. The quantitative estimate of drug-likeness (QED) is 0.728. The maximum atomic E-state index is 12.8. The van der Waals surface area contributed by atoms with E-state index in [-0.39, 0.29) is 30.2 Å². The minimum atomic E-state index is -0.363. The number of halogens is 2. The van der Waals surface area contributed by atoms with Gasteiger partial charge < -0.3 is 14.7 Å². The Morgan fingerprint density at radius 2 is 1.77 bits per heavy atom. The molecule has 0 bridgehead atoms. The van der Waals surface area contributed by atoms with E-state index in [1.54, 1.807) is 41.3 Å².